The maximum atomic E-state index is 12.6. The van der Waals surface area contributed by atoms with Gasteiger partial charge in [0.15, 0.2) is 0 Å². The molecule has 1 amide bonds. The molecule has 122 valence electrons. The summed E-state index contributed by atoms with van der Waals surface area (Å²) in [4.78, 5) is 12.8. The zero-order valence-electron chi connectivity index (χ0n) is 12.4. The Balaban J connectivity index is 1.82. The summed E-state index contributed by atoms with van der Waals surface area (Å²) in [5, 5.41) is 6.80. The Morgan fingerprint density at radius 3 is 2.71 bits per heavy atom. The molecule has 1 heterocycles. The smallest absolute Gasteiger partial charge is 0.288 e. The molecule has 24 heavy (non-hydrogen) atoms. The SMILES string of the molecule is O=C(Nc1ccccc1SC(F)F)c1cccc(-n2cccn2)c1. The summed E-state index contributed by atoms with van der Waals surface area (Å²) < 4.78 is 26.9. The number of thioether (sulfide) groups is 1. The highest BCUT2D eigenvalue weighted by molar-refractivity contribution is 7.99. The van der Waals surface area contributed by atoms with Crippen molar-refractivity contribution in [3.05, 3.63) is 72.6 Å². The van der Waals surface area contributed by atoms with Crippen molar-refractivity contribution >= 4 is 23.4 Å². The van der Waals surface area contributed by atoms with Crippen LogP contribution in [0.1, 0.15) is 10.4 Å². The molecule has 0 atom stereocenters. The number of carbonyl (C=O) groups excluding carboxylic acids is 1. The van der Waals surface area contributed by atoms with E-state index in [-0.39, 0.29) is 5.91 Å². The van der Waals surface area contributed by atoms with E-state index in [1.165, 1.54) is 0 Å². The van der Waals surface area contributed by atoms with Gasteiger partial charge < -0.3 is 5.32 Å². The van der Waals surface area contributed by atoms with Gasteiger partial charge in [-0.15, -0.1) is 0 Å². The van der Waals surface area contributed by atoms with Gasteiger partial charge in [0.2, 0.25) is 0 Å². The molecule has 3 aromatic rings. The maximum absolute atomic E-state index is 12.6. The number of alkyl halides is 2. The van der Waals surface area contributed by atoms with E-state index in [9.17, 15) is 13.6 Å². The number of nitrogens with zero attached hydrogens (tertiary/aromatic N) is 2. The molecule has 0 aliphatic rings. The number of para-hydroxylation sites is 1. The van der Waals surface area contributed by atoms with Crippen LogP contribution < -0.4 is 5.32 Å². The number of hydrogen-bond donors (Lipinski definition) is 1. The molecule has 2 aromatic carbocycles. The number of aromatic nitrogens is 2. The first-order valence-corrected chi connectivity index (χ1v) is 7.97. The molecule has 0 saturated heterocycles. The highest BCUT2D eigenvalue weighted by Gasteiger charge is 2.13. The lowest BCUT2D eigenvalue weighted by Gasteiger charge is -2.11. The third-order valence-electron chi connectivity index (χ3n) is 3.23. The van der Waals surface area contributed by atoms with Crippen molar-refractivity contribution in [1.29, 1.82) is 0 Å². The van der Waals surface area contributed by atoms with Gasteiger partial charge in [-0.2, -0.15) is 13.9 Å². The number of anilines is 1. The Kier molecular flexibility index (Phi) is 4.90. The second-order valence-corrected chi connectivity index (χ2v) is 5.86. The molecule has 7 heteroatoms. The number of amides is 1. The second-order valence-electron chi connectivity index (χ2n) is 4.83. The van der Waals surface area contributed by atoms with Crippen molar-refractivity contribution in [3.63, 3.8) is 0 Å². The van der Waals surface area contributed by atoms with Crippen LogP contribution >= 0.6 is 11.8 Å². The van der Waals surface area contributed by atoms with Crippen molar-refractivity contribution < 1.29 is 13.6 Å². The molecule has 0 saturated carbocycles. The summed E-state index contributed by atoms with van der Waals surface area (Å²) in [7, 11) is 0. The van der Waals surface area contributed by atoms with Crippen molar-refractivity contribution in [2.24, 2.45) is 0 Å². The van der Waals surface area contributed by atoms with Crippen molar-refractivity contribution in [1.82, 2.24) is 9.78 Å². The van der Waals surface area contributed by atoms with E-state index in [0.717, 1.165) is 5.69 Å². The lowest BCUT2D eigenvalue weighted by molar-refractivity contribution is 0.102. The summed E-state index contributed by atoms with van der Waals surface area (Å²) in [5.41, 5.74) is 1.51. The van der Waals surface area contributed by atoms with E-state index in [1.54, 1.807) is 65.6 Å². The van der Waals surface area contributed by atoms with E-state index in [4.69, 9.17) is 0 Å². The third-order valence-corrected chi connectivity index (χ3v) is 4.02. The average molecular weight is 345 g/mol. The Bertz CT molecular complexity index is 837. The summed E-state index contributed by atoms with van der Waals surface area (Å²) in [6.45, 7) is 0. The van der Waals surface area contributed by atoms with Crippen LogP contribution in [0.2, 0.25) is 0 Å². The van der Waals surface area contributed by atoms with Crippen LogP contribution in [0, 0.1) is 0 Å². The Labute approximate surface area is 141 Å². The quantitative estimate of drug-likeness (QED) is 0.696. The molecular weight excluding hydrogens is 332 g/mol. The molecule has 0 unspecified atom stereocenters. The fourth-order valence-corrected chi connectivity index (χ4v) is 2.77. The zero-order valence-corrected chi connectivity index (χ0v) is 13.2. The van der Waals surface area contributed by atoms with Crippen LogP contribution in [0.15, 0.2) is 71.9 Å². The number of nitrogens with one attached hydrogen (secondary N) is 1. The Morgan fingerprint density at radius 2 is 1.96 bits per heavy atom. The van der Waals surface area contributed by atoms with Crippen LogP contribution in [0.4, 0.5) is 14.5 Å². The van der Waals surface area contributed by atoms with Crippen LogP contribution in [0.25, 0.3) is 5.69 Å². The number of carbonyl (C=O) groups is 1. The number of hydrogen-bond acceptors (Lipinski definition) is 3. The van der Waals surface area contributed by atoms with E-state index in [0.29, 0.717) is 27.9 Å². The first-order valence-electron chi connectivity index (χ1n) is 7.09. The molecule has 0 radical (unpaired) electrons. The fourth-order valence-electron chi connectivity index (χ4n) is 2.17. The minimum Gasteiger partial charge on any atom is -0.321 e. The van der Waals surface area contributed by atoms with Gasteiger partial charge in [0.25, 0.3) is 11.7 Å². The largest absolute Gasteiger partial charge is 0.321 e. The van der Waals surface area contributed by atoms with Crippen molar-refractivity contribution in [2.75, 3.05) is 5.32 Å². The van der Waals surface area contributed by atoms with Crippen LogP contribution in [-0.4, -0.2) is 21.4 Å². The monoisotopic (exact) mass is 345 g/mol. The average Bonchev–Trinajstić information content (AvgIpc) is 3.11. The second kappa shape index (κ2) is 7.27. The molecule has 0 aliphatic carbocycles. The molecule has 0 spiro atoms. The number of benzene rings is 2. The van der Waals surface area contributed by atoms with E-state index in [2.05, 4.69) is 10.4 Å². The number of rotatable bonds is 5. The van der Waals surface area contributed by atoms with E-state index < -0.39 is 5.76 Å². The van der Waals surface area contributed by atoms with Gasteiger partial charge >= 0.3 is 0 Å². The molecule has 0 aliphatic heterocycles. The van der Waals surface area contributed by atoms with Gasteiger partial charge in [0, 0.05) is 22.9 Å². The standard InChI is InChI=1S/C17H13F2N3OS/c18-17(19)24-15-8-2-1-7-14(15)21-16(23)12-5-3-6-13(11-12)22-10-4-9-20-22/h1-11,17H,(H,21,23). The van der Waals surface area contributed by atoms with Crippen molar-refractivity contribution in [2.45, 2.75) is 10.7 Å². The molecule has 3 rings (SSSR count). The molecule has 1 aromatic heterocycles. The van der Waals surface area contributed by atoms with Crippen LogP contribution in [-0.2, 0) is 0 Å². The predicted octanol–water partition coefficient (Wildman–Crippen LogP) is 4.44. The van der Waals surface area contributed by atoms with Crippen LogP contribution in [0.3, 0.4) is 0 Å². The van der Waals surface area contributed by atoms with Crippen molar-refractivity contribution in [3.8, 4) is 5.69 Å². The fraction of sp³-hybridized carbons (Fsp3) is 0.0588. The molecule has 0 fully saturated rings. The first-order chi connectivity index (χ1) is 11.6. The first kappa shape index (κ1) is 16.2. The van der Waals surface area contributed by atoms with Gasteiger partial charge in [-0.1, -0.05) is 30.0 Å². The van der Waals surface area contributed by atoms with Gasteiger partial charge in [-0.25, -0.2) is 4.68 Å². The van der Waals surface area contributed by atoms with Gasteiger partial charge in [0.05, 0.1) is 11.4 Å². The summed E-state index contributed by atoms with van der Waals surface area (Å²) in [6, 6.07) is 15.2. The van der Waals surface area contributed by atoms with E-state index in [1.807, 2.05) is 6.07 Å². The topological polar surface area (TPSA) is 46.9 Å². The lowest BCUT2D eigenvalue weighted by atomic mass is 10.2. The summed E-state index contributed by atoms with van der Waals surface area (Å²) in [6.07, 6.45) is 3.41. The van der Waals surface area contributed by atoms with Crippen LogP contribution in [0.5, 0.6) is 0 Å². The molecule has 1 N–H and O–H groups in total. The minimum atomic E-state index is -2.55. The summed E-state index contributed by atoms with van der Waals surface area (Å²) >= 11 is 0.401. The highest BCUT2D eigenvalue weighted by Crippen LogP contribution is 2.31. The minimum absolute atomic E-state index is 0.323. The zero-order chi connectivity index (χ0) is 16.9. The molecular formula is C17H13F2N3OS. The normalized spacial score (nSPS) is 10.8. The molecule has 0 bridgehead atoms. The van der Waals surface area contributed by atoms with Gasteiger partial charge in [0.1, 0.15) is 0 Å². The van der Waals surface area contributed by atoms with E-state index >= 15 is 0 Å². The Hall–Kier alpha value is -2.67. The third kappa shape index (κ3) is 3.80. The molecule has 4 nitrogen and oxygen atoms in total. The number of halogens is 2. The lowest BCUT2D eigenvalue weighted by Crippen LogP contribution is -2.13. The van der Waals surface area contributed by atoms with Gasteiger partial charge in [-0.3, -0.25) is 4.79 Å². The summed E-state index contributed by atoms with van der Waals surface area (Å²) in [5.74, 6) is -2.92. The van der Waals surface area contributed by atoms with Gasteiger partial charge in [-0.05, 0) is 36.4 Å². The Morgan fingerprint density at radius 1 is 1.12 bits per heavy atom. The predicted molar refractivity (Wildman–Crippen MR) is 89.8 cm³/mol. The maximum Gasteiger partial charge on any atom is 0.288 e. The highest BCUT2D eigenvalue weighted by atomic mass is 32.2.